The van der Waals surface area contributed by atoms with E-state index in [-0.39, 0.29) is 11.9 Å². The molecule has 0 bridgehead atoms. The van der Waals surface area contributed by atoms with Crippen LogP contribution in [0, 0.1) is 0 Å². The third kappa shape index (κ3) is 4.89. The van der Waals surface area contributed by atoms with E-state index in [2.05, 4.69) is 5.32 Å². The number of rotatable bonds is 6. The van der Waals surface area contributed by atoms with Crippen LogP contribution in [0.25, 0.3) is 0 Å². The maximum Gasteiger partial charge on any atom is 0.251 e. The van der Waals surface area contributed by atoms with Gasteiger partial charge >= 0.3 is 0 Å². The first-order valence-corrected chi connectivity index (χ1v) is 7.73. The van der Waals surface area contributed by atoms with Gasteiger partial charge in [0, 0.05) is 22.2 Å². The Morgan fingerprint density at radius 3 is 2.48 bits per heavy atom. The second-order valence-corrected chi connectivity index (χ2v) is 5.83. The van der Waals surface area contributed by atoms with E-state index in [4.69, 9.17) is 21.1 Å². The smallest absolute Gasteiger partial charge is 0.251 e. The van der Waals surface area contributed by atoms with Gasteiger partial charge in [0.05, 0.1) is 7.11 Å². The van der Waals surface area contributed by atoms with Crippen LogP contribution in [-0.4, -0.2) is 19.1 Å². The first kappa shape index (κ1) is 17.2. The Kier molecular flexibility index (Phi) is 5.88. The van der Waals surface area contributed by atoms with Crippen molar-refractivity contribution < 1.29 is 14.3 Å². The monoisotopic (exact) mass is 333 g/mol. The molecule has 2 rings (SSSR count). The zero-order chi connectivity index (χ0) is 16.8. The van der Waals surface area contributed by atoms with Gasteiger partial charge in [-0.05, 0) is 56.3 Å². The molecule has 0 saturated heterocycles. The predicted octanol–water partition coefficient (Wildman–Crippen LogP) is 4.07. The molecular formula is C18H20ClNO3. The lowest BCUT2D eigenvalue weighted by Crippen LogP contribution is -2.30. The first-order chi connectivity index (χ1) is 11.0. The van der Waals surface area contributed by atoms with Gasteiger partial charge in [-0.25, -0.2) is 0 Å². The van der Waals surface area contributed by atoms with Crippen molar-refractivity contribution in [2.24, 2.45) is 0 Å². The van der Waals surface area contributed by atoms with Crippen LogP contribution in [0.3, 0.4) is 0 Å². The van der Waals surface area contributed by atoms with Gasteiger partial charge < -0.3 is 14.8 Å². The maximum absolute atomic E-state index is 12.1. The number of carbonyl (C=O) groups excluding carboxylic acids is 1. The molecule has 4 nitrogen and oxygen atoms in total. The van der Waals surface area contributed by atoms with Crippen molar-refractivity contribution in [3.05, 3.63) is 58.6 Å². The average molecular weight is 334 g/mol. The Labute approximate surface area is 141 Å². The van der Waals surface area contributed by atoms with Crippen molar-refractivity contribution in [3.63, 3.8) is 0 Å². The molecule has 1 N–H and O–H groups in total. The second kappa shape index (κ2) is 7.88. The molecule has 23 heavy (non-hydrogen) atoms. The van der Waals surface area contributed by atoms with Crippen molar-refractivity contribution in [2.75, 3.05) is 7.11 Å². The fourth-order valence-corrected chi connectivity index (χ4v) is 2.20. The summed E-state index contributed by atoms with van der Waals surface area (Å²) in [6, 6.07) is 12.5. The van der Waals surface area contributed by atoms with E-state index in [1.807, 2.05) is 13.8 Å². The normalized spacial score (nSPS) is 10.5. The molecular weight excluding hydrogens is 314 g/mol. The van der Waals surface area contributed by atoms with Gasteiger partial charge in [-0.2, -0.15) is 0 Å². The summed E-state index contributed by atoms with van der Waals surface area (Å²) in [5.41, 5.74) is 1.38. The van der Waals surface area contributed by atoms with Gasteiger partial charge in [-0.3, -0.25) is 4.79 Å². The molecule has 0 unspecified atom stereocenters. The lowest BCUT2D eigenvalue weighted by molar-refractivity contribution is 0.0943. The number of methoxy groups -OCH3 is 1. The fraction of sp³-hybridized carbons (Fsp3) is 0.278. The Bertz CT molecular complexity index is 668. The number of benzene rings is 2. The van der Waals surface area contributed by atoms with Crippen LogP contribution in [0.2, 0.25) is 5.02 Å². The Balaban J connectivity index is 2.15. The molecule has 0 spiro atoms. The highest BCUT2D eigenvalue weighted by Crippen LogP contribution is 2.23. The third-order valence-corrected chi connectivity index (χ3v) is 3.42. The molecule has 0 radical (unpaired) electrons. The molecule has 0 atom stereocenters. The van der Waals surface area contributed by atoms with Gasteiger partial charge in [0.25, 0.3) is 5.91 Å². The van der Waals surface area contributed by atoms with Gasteiger partial charge in [-0.15, -0.1) is 0 Å². The maximum atomic E-state index is 12.1. The SMILES string of the molecule is COc1ccc(C(=O)NC(C)C)cc1COc1ccc(Cl)cc1. The summed E-state index contributed by atoms with van der Waals surface area (Å²) in [4.78, 5) is 12.1. The number of hydrogen-bond donors (Lipinski definition) is 1. The minimum atomic E-state index is -0.115. The Morgan fingerprint density at radius 1 is 1.17 bits per heavy atom. The standard InChI is InChI=1S/C18H20ClNO3/c1-12(2)20-18(21)13-4-9-17(22-3)14(10-13)11-23-16-7-5-15(19)6-8-16/h4-10,12H,11H2,1-3H3,(H,20,21). The largest absolute Gasteiger partial charge is 0.496 e. The molecule has 2 aromatic carbocycles. The first-order valence-electron chi connectivity index (χ1n) is 7.35. The van der Waals surface area contributed by atoms with Crippen LogP contribution < -0.4 is 14.8 Å². The third-order valence-electron chi connectivity index (χ3n) is 3.17. The summed E-state index contributed by atoms with van der Waals surface area (Å²) < 4.78 is 11.1. The minimum absolute atomic E-state index is 0.0818. The van der Waals surface area contributed by atoms with Crippen molar-refractivity contribution in [3.8, 4) is 11.5 Å². The second-order valence-electron chi connectivity index (χ2n) is 5.40. The van der Waals surface area contributed by atoms with E-state index in [1.54, 1.807) is 49.6 Å². The van der Waals surface area contributed by atoms with Gasteiger partial charge in [0.15, 0.2) is 0 Å². The Hall–Kier alpha value is -2.20. The van der Waals surface area contributed by atoms with E-state index in [0.29, 0.717) is 28.7 Å². The molecule has 0 aliphatic carbocycles. The summed E-state index contributed by atoms with van der Waals surface area (Å²) in [6.45, 7) is 4.14. The summed E-state index contributed by atoms with van der Waals surface area (Å²) >= 11 is 5.85. The fourth-order valence-electron chi connectivity index (χ4n) is 2.07. The Morgan fingerprint density at radius 2 is 1.87 bits per heavy atom. The molecule has 0 aliphatic rings. The highest BCUT2D eigenvalue weighted by Gasteiger charge is 2.11. The van der Waals surface area contributed by atoms with Crippen LogP contribution in [0.15, 0.2) is 42.5 Å². The molecule has 122 valence electrons. The molecule has 0 fully saturated rings. The van der Waals surface area contributed by atoms with E-state index < -0.39 is 0 Å². The van der Waals surface area contributed by atoms with Gasteiger partial charge in [-0.1, -0.05) is 11.6 Å². The van der Waals surface area contributed by atoms with Gasteiger partial charge in [0.2, 0.25) is 0 Å². The lowest BCUT2D eigenvalue weighted by Gasteiger charge is -2.13. The van der Waals surface area contributed by atoms with E-state index >= 15 is 0 Å². The zero-order valence-electron chi connectivity index (χ0n) is 13.4. The van der Waals surface area contributed by atoms with Gasteiger partial charge in [0.1, 0.15) is 18.1 Å². The van der Waals surface area contributed by atoms with Crippen molar-refractivity contribution in [2.45, 2.75) is 26.5 Å². The highest BCUT2D eigenvalue weighted by atomic mass is 35.5. The van der Waals surface area contributed by atoms with Crippen LogP contribution in [0.1, 0.15) is 29.8 Å². The zero-order valence-corrected chi connectivity index (χ0v) is 14.2. The van der Waals surface area contributed by atoms with Crippen molar-refractivity contribution >= 4 is 17.5 Å². The predicted molar refractivity (Wildman–Crippen MR) is 91.4 cm³/mol. The van der Waals surface area contributed by atoms with Crippen LogP contribution >= 0.6 is 11.6 Å². The molecule has 0 saturated carbocycles. The van der Waals surface area contributed by atoms with E-state index in [1.165, 1.54) is 0 Å². The van der Waals surface area contributed by atoms with E-state index in [0.717, 1.165) is 5.56 Å². The van der Waals surface area contributed by atoms with Crippen LogP contribution in [0.4, 0.5) is 0 Å². The average Bonchev–Trinajstić information content (AvgIpc) is 2.53. The lowest BCUT2D eigenvalue weighted by atomic mass is 10.1. The molecule has 1 amide bonds. The summed E-state index contributed by atoms with van der Waals surface area (Å²) in [5.74, 6) is 1.27. The molecule has 0 aromatic heterocycles. The number of halogens is 1. The quantitative estimate of drug-likeness (QED) is 0.867. The highest BCUT2D eigenvalue weighted by molar-refractivity contribution is 6.30. The summed E-state index contributed by atoms with van der Waals surface area (Å²) in [7, 11) is 1.59. The number of ether oxygens (including phenoxy) is 2. The molecule has 5 heteroatoms. The van der Waals surface area contributed by atoms with E-state index in [9.17, 15) is 4.79 Å². The molecule has 0 aliphatic heterocycles. The summed E-state index contributed by atoms with van der Waals surface area (Å²) in [6.07, 6.45) is 0. The number of amides is 1. The van der Waals surface area contributed by atoms with Crippen LogP contribution in [0.5, 0.6) is 11.5 Å². The molecule has 0 heterocycles. The number of hydrogen-bond acceptors (Lipinski definition) is 3. The van der Waals surface area contributed by atoms with Crippen molar-refractivity contribution in [1.82, 2.24) is 5.32 Å². The number of carbonyl (C=O) groups is 1. The minimum Gasteiger partial charge on any atom is -0.496 e. The van der Waals surface area contributed by atoms with Crippen molar-refractivity contribution in [1.29, 1.82) is 0 Å². The number of nitrogens with one attached hydrogen (secondary N) is 1. The molecule has 2 aromatic rings. The van der Waals surface area contributed by atoms with Crippen LogP contribution in [-0.2, 0) is 6.61 Å². The topological polar surface area (TPSA) is 47.6 Å². The summed E-state index contributed by atoms with van der Waals surface area (Å²) in [5, 5.41) is 3.52.